The quantitative estimate of drug-likeness (QED) is 0.861. The zero-order valence-corrected chi connectivity index (χ0v) is 12.8. The van der Waals surface area contributed by atoms with E-state index in [0.717, 1.165) is 24.2 Å². The van der Waals surface area contributed by atoms with E-state index in [0.29, 0.717) is 0 Å². The van der Waals surface area contributed by atoms with Gasteiger partial charge in [0.25, 0.3) is 0 Å². The van der Waals surface area contributed by atoms with Gasteiger partial charge in [0.1, 0.15) is 0 Å². The van der Waals surface area contributed by atoms with Crippen LogP contribution in [0.1, 0.15) is 49.0 Å². The van der Waals surface area contributed by atoms with Gasteiger partial charge in [-0.05, 0) is 55.9 Å². The average Bonchev–Trinajstić information content (AvgIpc) is 2.71. The molecule has 0 bridgehead atoms. The molecule has 0 aliphatic heterocycles. The molecule has 0 fully saturated rings. The van der Waals surface area contributed by atoms with Crippen molar-refractivity contribution >= 4 is 0 Å². The highest BCUT2D eigenvalue weighted by molar-refractivity contribution is 5.43. The Labute approximate surface area is 120 Å². The van der Waals surface area contributed by atoms with Gasteiger partial charge in [-0.2, -0.15) is 0 Å². The smallest absolute Gasteiger partial charge is 0.0665 e. The summed E-state index contributed by atoms with van der Waals surface area (Å²) in [6, 6.07) is 6.55. The molecule has 0 spiro atoms. The van der Waals surface area contributed by atoms with Crippen LogP contribution >= 0.6 is 0 Å². The van der Waals surface area contributed by atoms with E-state index in [1.54, 1.807) is 0 Å². The third kappa shape index (κ3) is 2.16. The molecular weight excluding hydrogens is 246 g/mol. The van der Waals surface area contributed by atoms with Crippen molar-refractivity contribution < 1.29 is 0 Å². The molecule has 0 saturated heterocycles. The highest BCUT2D eigenvalue weighted by Gasteiger charge is 2.32. The van der Waals surface area contributed by atoms with Crippen molar-refractivity contribution in [3.63, 3.8) is 0 Å². The van der Waals surface area contributed by atoms with Gasteiger partial charge < -0.3 is 10.3 Å². The molecule has 2 heterocycles. The zero-order chi connectivity index (χ0) is 14.5. The lowest BCUT2D eigenvalue weighted by Gasteiger charge is -2.34. The first kappa shape index (κ1) is 13.4. The molecule has 0 amide bonds. The lowest BCUT2D eigenvalue weighted by Crippen LogP contribution is -2.30. The van der Waals surface area contributed by atoms with Gasteiger partial charge >= 0.3 is 0 Å². The van der Waals surface area contributed by atoms with Crippen LogP contribution in [0.15, 0.2) is 24.4 Å². The molecule has 0 saturated carbocycles. The van der Waals surface area contributed by atoms with Crippen molar-refractivity contribution in [1.82, 2.24) is 9.55 Å². The Morgan fingerprint density at radius 3 is 2.70 bits per heavy atom. The molecule has 1 aliphatic carbocycles. The first-order chi connectivity index (χ1) is 9.37. The van der Waals surface area contributed by atoms with Gasteiger partial charge in [0, 0.05) is 23.6 Å². The Morgan fingerprint density at radius 1 is 1.25 bits per heavy atom. The van der Waals surface area contributed by atoms with Crippen LogP contribution in [-0.4, -0.2) is 9.55 Å². The van der Waals surface area contributed by atoms with Crippen molar-refractivity contribution in [3.8, 4) is 5.69 Å². The Bertz CT molecular complexity index is 652. The summed E-state index contributed by atoms with van der Waals surface area (Å²) in [6.07, 6.45) is 4.26. The van der Waals surface area contributed by atoms with Crippen LogP contribution in [0.4, 0.5) is 0 Å². The molecule has 0 radical (unpaired) electrons. The van der Waals surface area contributed by atoms with Gasteiger partial charge in [0.2, 0.25) is 0 Å². The van der Waals surface area contributed by atoms with E-state index >= 15 is 0 Å². The molecule has 2 N–H and O–H groups in total. The van der Waals surface area contributed by atoms with Crippen LogP contribution in [0.3, 0.4) is 0 Å². The molecule has 1 unspecified atom stereocenters. The lowest BCUT2D eigenvalue weighted by atomic mass is 9.74. The molecule has 106 valence electrons. The fraction of sp³-hybridized carbons (Fsp3) is 0.471. The summed E-state index contributed by atoms with van der Waals surface area (Å²) < 4.78 is 2.28. The second-order valence-corrected chi connectivity index (χ2v) is 6.80. The Morgan fingerprint density at radius 2 is 2.00 bits per heavy atom. The summed E-state index contributed by atoms with van der Waals surface area (Å²) in [5, 5.41) is 0. The van der Waals surface area contributed by atoms with Gasteiger partial charge in [0.15, 0.2) is 0 Å². The Hall–Kier alpha value is -1.61. The van der Waals surface area contributed by atoms with Gasteiger partial charge in [-0.3, -0.25) is 4.98 Å². The molecule has 0 aromatic carbocycles. The fourth-order valence-electron chi connectivity index (χ4n) is 3.40. The molecule has 3 rings (SSSR count). The van der Waals surface area contributed by atoms with Crippen LogP contribution in [0.25, 0.3) is 5.69 Å². The van der Waals surface area contributed by atoms with E-state index in [1.807, 2.05) is 6.92 Å². The van der Waals surface area contributed by atoms with Gasteiger partial charge in [-0.25, -0.2) is 0 Å². The number of rotatable bonds is 1. The minimum Gasteiger partial charge on any atom is -0.324 e. The highest BCUT2D eigenvalue weighted by Crippen LogP contribution is 2.40. The summed E-state index contributed by atoms with van der Waals surface area (Å²) in [5.74, 6) is 0. The maximum absolute atomic E-state index is 6.35. The molecule has 1 atom stereocenters. The van der Waals surface area contributed by atoms with Crippen molar-refractivity contribution in [3.05, 3.63) is 47.0 Å². The Kier molecular flexibility index (Phi) is 2.98. The van der Waals surface area contributed by atoms with Gasteiger partial charge in [-0.1, -0.05) is 13.8 Å². The second kappa shape index (κ2) is 4.45. The van der Waals surface area contributed by atoms with Gasteiger partial charge in [-0.15, -0.1) is 0 Å². The standard InChI is InChI=1S/C17H23N3/c1-11-5-6-15(12(2)19-11)20-8-7-13-14(18)9-17(3,4)10-16(13)20/h5-8,14H,9-10,18H2,1-4H3. The normalized spacial score (nSPS) is 20.8. The van der Waals surface area contributed by atoms with Crippen molar-refractivity contribution in [2.45, 2.75) is 46.6 Å². The number of hydrogen-bond acceptors (Lipinski definition) is 2. The van der Waals surface area contributed by atoms with E-state index in [4.69, 9.17) is 5.73 Å². The summed E-state index contributed by atoms with van der Waals surface area (Å²) in [4.78, 5) is 4.58. The maximum Gasteiger partial charge on any atom is 0.0665 e. The number of aromatic nitrogens is 2. The van der Waals surface area contributed by atoms with E-state index in [1.165, 1.54) is 16.9 Å². The van der Waals surface area contributed by atoms with Crippen LogP contribution in [0.5, 0.6) is 0 Å². The molecule has 3 heteroatoms. The molecule has 1 aliphatic rings. The van der Waals surface area contributed by atoms with E-state index in [9.17, 15) is 0 Å². The zero-order valence-electron chi connectivity index (χ0n) is 12.8. The highest BCUT2D eigenvalue weighted by atomic mass is 15.0. The van der Waals surface area contributed by atoms with Crippen LogP contribution < -0.4 is 5.73 Å². The topological polar surface area (TPSA) is 43.8 Å². The largest absolute Gasteiger partial charge is 0.324 e. The molecule has 2 aromatic rings. The van der Waals surface area contributed by atoms with Crippen LogP contribution in [-0.2, 0) is 6.42 Å². The van der Waals surface area contributed by atoms with Crippen LogP contribution in [0, 0.1) is 19.3 Å². The average molecular weight is 269 g/mol. The third-order valence-electron chi connectivity index (χ3n) is 4.30. The number of aryl methyl sites for hydroxylation is 2. The number of pyridine rings is 1. The van der Waals surface area contributed by atoms with Crippen molar-refractivity contribution in [1.29, 1.82) is 0 Å². The molecular formula is C17H23N3. The minimum atomic E-state index is 0.147. The number of hydrogen-bond donors (Lipinski definition) is 1. The monoisotopic (exact) mass is 269 g/mol. The van der Waals surface area contributed by atoms with Crippen LogP contribution in [0.2, 0.25) is 0 Å². The van der Waals surface area contributed by atoms with Gasteiger partial charge in [0.05, 0.1) is 11.4 Å². The predicted molar refractivity (Wildman–Crippen MR) is 82.1 cm³/mol. The van der Waals surface area contributed by atoms with E-state index in [-0.39, 0.29) is 11.5 Å². The number of fused-ring (bicyclic) bond motifs is 1. The fourth-order valence-corrected chi connectivity index (χ4v) is 3.40. The first-order valence-corrected chi connectivity index (χ1v) is 7.28. The van der Waals surface area contributed by atoms with E-state index < -0.39 is 0 Å². The summed E-state index contributed by atoms with van der Waals surface area (Å²) in [7, 11) is 0. The maximum atomic E-state index is 6.35. The summed E-state index contributed by atoms with van der Waals surface area (Å²) in [5.41, 5.74) is 12.5. The lowest BCUT2D eigenvalue weighted by molar-refractivity contribution is 0.278. The second-order valence-electron chi connectivity index (χ2n) is 6.80. The number of nitrogens with zero attached hydrogens (tertiary/aromatic N) is 2. The summed E-state index contributed by atoms with van der Waals surface area (Å²) >= 11 is 0. The Balaban J connectivity index is 2.13. The van der Waals surface area contributed by atoms with E-state index in [2.05, 4.69) is 54.7 Å². The van der Waals surface area contributed by atoms with Crippen molar-refractivity contribution in [2.24, 2.45) is 11.1 Å². The molecule has 3 nitrogen and oxygen atoms in total. The molecule has 20 heavy (non-hydrogen) atoms. The predicted octanol–water partition coefficient (Wildman–Crippen LogP) is 3.46. The summed E-state index contributed by atoms with van der Waals surface area (Å²) in [6.45, 7) is 8.70. The van der Waals surface area contributed by atoms with Crippen molar-refractivity contribution in [2.75, 3.05) is 0 Å². The number of nitrogens with two attached hydrogens (primary N) is 1. The third-order valence-corrected chi connectivity index (χ3v) is 4.30. The molecule has 2 aromatic heterocycles. The first-order valence-electron chi connectivity index (χ1n) is 7.28. The minimum absolute atomic E-state index is 0.147. The SMILES string of the molecule is Cc1ccc(-n2ccc3c2CC(C)(C)CC3N)c(C)n1.